The quantitative estimate of drug-likeness (QED) is 0.599. The Hall–Kier alpha value is -2.70. The van der Waals surface area contributed by atoms with Gasteiger partial charge in [0, 0.05) is 15.6 Å². The van der Waals surface area contributed by atoms with Crippen LogP contribution in [0, 0.1) is 0 Å². The van der Waals surface area contributed by atoms with Crippen molar-refractivity contribution in [3.63, 3.8) is 0 Å². The molecule has 0 bridgehead atoms. The van der Waals surface area contributed by atoms with Crippen LogP contribution in [0.3, 0.4) is 0 Å². The molecule has 8 heteroatoms. The molecule has 134 valence electrons. The van der Waals surface area contributed by atoms with Crippen LogP contribution in [0.5, 0.6) is 11.5 Å². The molecule has 0 unspecified atom stereocenters. The van der Waals surface area contributed by atoms with Gasteiger partial charge in [-0.25, -0.2) is 4.79 Å². The molecule has 2 aromatic carbocycles. The van der Waals surface area contributed by atoms with Crippen molar-refractivity contribution < 1.29 is 19.1 Å². The molecule has 0 aromatic heterocycles. The van der Waals surface area contributed by atoms with Crippen LogP contribution in [-0.4, -0.2) is 19.0 Å². The zero-order valence-electron chi connectivity index (χ0n) is 13.6. The van der Waals surface area contributed by atoms with Crippen LogP contribution in [0.25, 0.3) is 6.08 Å². The Balaban J connectivity index is 1.77. The third-order valence-corrected chi connectivity index (χ3v) is 4.20. The summed E-state index contributed by atoms with van der Waals surface area (Å²) < 4.78 is 11.1. The highest BCUT2D eigenvalue weighted by atomic mass is 35.5. The molecule has 1 aliphatic rings. The Morgan fingerprint density at radius 1 is 1.04 bits per heavy atom. The minimum absolute atomic E-state index is 0.165. The van der Waals surface area contributed by atoms with Crippen molar-refractivity contribution in [1.82, 2.24) is 10.6 Å². The van der Waals surface area contributed by atoms with E-state index in [1.54, 1.807) is 42.5 Å². The summed E-state index contributed by atoms with van der Waals surface area (Å²) >= 11 is 12.0. The number of halogens is 2. The lowest BCUT2D eigenvalue weighted by Crippen LogP contribution is -2.22. The summed E-state index contributed by atoms with van der Waals surface area (Å²) in [7, 11) is 1.51. The highest BCUT2D eigenvalue weighted by Gasteiger charge is 2.22. The lowest BCUT2D eigenvalue weighted by atomic mass is 10.1. The van der Waals surface area contributed by atoms with Gasteiger partial charge in [-0.1, -0.05) is 35.3 Å². The molecule has 6 nitrogen and oxygen atoms in total. The molecule has 0 spiro atoms. The van der Waals surface area contributed by atoms with Crippen molar-refractivity contribution in [3.05, 3.63) is 63.3 Å². The first kappa shape index (κ1) is 18.1. The number of carbonyl (C=O) groups excluding carboxylic acids is 2. The highest BCUT2D eigenvalue weighted by molar-refractivity contribution is 6.35. The molecular weight excluding hydrogens is 379 g/mol. The number of benzene rings is 2. The molecule has 0 radical (unpaired) electrons. The average Bonchev–Trinajstić information content (AvgIpc) is 2.92. The Morgan fingerprint density at radius 3 is 2.50 bits per heavy atom. The molecule has 1 heterocycles. The Kier molecular flexibility index (Phi) is 5.35. The van der Waals surface area contributed by atoms with Gasteiger partial charge in [0.25, 0.3) is 5.91 Å². The van der Waals surface area contributed by atoms with Gasteiger partial charge < -0.3 is 14.8 Å². The van der Waals surface area contributed by atoms with Crippen molar-refractivity contribution in [2.75, 3.05) is 7.11 Å². The fourth-order valence-corrected chi connectivity index (χ4v) is 2.80. The van der Waals surface area contributed by atoms with Crippen LogP contribution < -0.4 is 20.1 Å². The average molecular weight is 393 g/mol. The van der Waals surface area contributed by atoms with Gasteiger partial charge in [-0.05, 0) is 35.9 Å². The van der Waals surface area contributed by atoms with Gasteiger partial charge in [0.2, 0.25) is 0 Å². The number of amides is 3. The number of ether oxygens (including phenoxy) is 2. The second-order valence-electron chi connectivity index (χ2n) is 5.40. The minimum Gasteiger partial charge on any atom is -0.493 e. The first-order valence-electron chi connectivity index (χ1n) is 7.55. The number of rotatable bonds is 5. The van der Waals surface area contributed by atoms with Crippen molar-refractivity contribution in [1.29, 1.82) is 0 Å². The van der Waals surface area contributed by atoms with Gasteiger partial charge in [0.05, 0.1) is 7.11 Å². The third kappa shape index (κ3) is 4.09. The van der Waals surface area contributed by atoms with Crippen LogP contribution in [0.15, 0.2) is 42.1 Å². The molecular formula is C18H14Cl2N2O4. The van der Waals surface area contributed by atoms with Crippen LogP contribution in [0.4, 0.5) is 4.79 Å². The van der Waals surface area contributed by atoms with Crippen molar-refractivity contribution in [2.24, 2.45) is 0 Å². The van der Waals surface area contributed by atoms with E-state index in [1.165, 1.54) is 7.11 Å². The van der Waals surface area contributed by atoms with E-state index in [0.29, 0.717) is 27.1 Å². The smallest absolute Gasteiger partial charge is 0.326 e. The molecule has 3 rings (SSSR count). The summed E-state index contributed by atoms with van der Waals surface area (Å²) in [5.74, 6) is 0.515. The Labute approximate surface area is 159 Å². The maximum absolute atomic E-state index is 11.6. The number of nitrogens with one attached hydrogen (secondary N) is 2. The maximum Gasteiger partial charge on any atom is 0.326 e. The van der Waals surface area contributed by atoms with Gasteiger partial charge in [0.15, 0.2) is 11.5 Å². The summed E-state index contributed by atoms with van der Waals surface area (Å²) in [6.07, 6.45) is 1.54. The maximum atomic E-state index is 11.6. The predicted molar refractivity (Wildman–Crippen MR) is 98.4 cm³/mol. The molecule has 0 aliphatic carbocycles. The van der Waals surface area contributed by atoms with E-state index in [2.05, 4.69) is 10.6 Å². The molecule has 3 amide bonds. The Bertz CT molecular complexity index is 912. The molecule has 0 atom stereocenters. The van der Waals surface area contributed by atoms with Crippen LogP contribution in [0.1, 0.15) is 11.1 Å². The topological polar surface area (TPSA) is 76.7 Å². The molecule has 1 aliphatic heterocycles. The number of imide groups is 1. The van der Waals surface area contributed by atoms with Crippen LogP contribution in [-0.2, 0) is 11.4 Å². The lowest BCUT2D eigenvalue weighted by Gasteiger charge is -2.12. The van der Waals surface area contributed by atoms with E-state index >= 15 is 0 Å². The number of methoxy groups -OCH3 is 1. The molecule has 1 saturated heterocycles. The van der Waals surface area contributed by atoms with E-state index in [4.69, 9.17) is 32.7 Å². The largest absolute Gasteiger partial charge is 0.493 e. The van der Waals surface area contributed by atoms with E-state index in [9.17, 15) is 9.59 Å². The minimum atomic E-state index is -0.548. The second kappa shape index (κ2) is 7.68. The summed E-state index contributed by atoms with van der Waals surface area (Å²) in [6, 6.07) is 9.78. The number of hydrogen-bond donors (Lipinski definition) is 2. The summed E-state index contributed by atoms with van der Waals surface area (Å²) in [5.41, 5.74) is 1.62. The SMILES string of the molecule is COc1cc(/C=C2/NC(=O)NC2=O)ccc1OCc1ccc(Cl)cc1Cl. The Morgan fingerprint density at radius 2 is 1.85 bits per heavy atom. The number of carbonyl (C=O) groups is 2. The first-order valence-corrected chi connectivity index (χ1v) is 8.30. The third-order valence-electron chi connectivity index (χ3n) is 3.62. The van der Waals surface area contributed by atoms with Crippen LogP contribution in [0.2, 0.25) is 10.0 Å². The van der Waals surface area contributed by atoms with Crippen molar-refractivity contribution in [2.45, 2.75) is 6.61 Å². The monoisotopic (exact) mass is 392 g/mol. The van der Waals surface area contributed by atoms with E-state index in [-0.39, 0.29) is 12.3 Å². The van der Waals surface area contributed by atoms with Gasteiger partial charge in [-0.15, -0.1) is 0 Å². The zero-order chi connectivity index (χ0) is 18.7. The van der Waals surface area contributed by atoms with Gasteiger partial charge in [0.1, 0.15) is 12.3 Å². The molecule has 1 fully saturated rings. The lowest BCUT2D eigenvalue weighted by molar-refractivity contribution is -0.115. The van der Waals surface area contributed by atoms with Crippen molar-refractivity contribution in [3.8, 4) is 11.5 Å². The summed E-state index contributed by atoms with van der Waals surface area (Å²) in [5, 5.41) is 5.63. The van der Waals surface area contributed by atoms with Gasteiger partial charge in [-0.2, -0.15) is 0 Å². The van der Waals surface area contributed by atoms with E-state index in [0.717, 1.165) is 5.56 Å². The standard InChI is InChI=1S/C18H14Cl2N2O4/c1-25-16-7-10(6-14-17(23)22-18(24)21-14)2-5-15(16)26-9-11-3-4-12(19)8-13(11)20/h2-8H,9H2,1H3,(H2,21,22,23,24)/b14-6+. The van der Waals surface area contributed by atoms with Gasteiger partial charge >= 0.3 is 6.03 Å². The molecule has 26 heavy (non-hydrogen) atoms. The fourth-order valence-electron chi connectivity index (χ4n) is 2.34. The summed E-state index contributed by atoms with van der Waals surface area (Å²) in [6.45, 7) is 0.241. The normalized spacial score (nSPS) is 15.0. The van der Waals surface area contributed by atoms with Crippen LogP contribution >= 0.6 is 23.2 Å². The molecule has 2 N–H and O–H groups in total. The number of hydrogen-bond acceptors (Lipinski definition) is 4. The highest BCUT2D eigenvalue weighted by Crippen LogP contribution is 2.31. The van der Waals surface area contributed by atoms with E-state index in [1.807, 2.05) is 0 Å². The summed E-state index contributed by atoms with van der Waals surface area (Å²) in [4.78, 5) is 22.7. The zero-order valence-corrected chi connectivity index (χ0v) is 15.1. The first-order chi connectivity index (χ1) is 12.5. The second-order valence-corrected chi connectivity index (χ2v) is 6.24. The molecule has 2 aromatic rings. The predicted octanol–water partition coefficient (Wildman–Crippen LogP) is 3.76. The van der Waals surface area contributed by atoms with Crippen molar-refractivity contribution >= 4 is 41.2 Å². The van der Waals surface area contributed by atoms with Gasteiger partial charge in [-0.3, -0.25) is 10.1 Å². The molecule has 0 saturated carbocycles. The van der Waals surface area contributed by atoms with E-state index < -0.39 is 11.9 Å². The number of urea groups is 1. The fraction of sp³-hybridized carbons (Fsp3) is 0.111.